The Labute approximate surface area is 161 Å². The average molecular weight is 367 g/mol. The van der Waals surface area contributed by atoms with Gasteiger partial charge in [0.15, 0.2) is 0 Å². The summed E-state index contributed by atoms with van der Waals surface area (Å²) in [5, 5.41) is 8.20. The molecule has 2 saturated heterocycles. The van der Waals surface area contributed by atoms with Gasteiger partial charge >= 0.3 is 0 Å². The summed E-state index contributed by atoms with van der Waals surface area (Å²) in [5.74, 6) is 0.0765. The fourth-order valence-corrected chi connectivity index (χ4v) is 4.97. The fourth-order valence-electron chi connectivity index (χ4n) is 4.97. The normalized spacial score (nSPS) is 28.4. The second-order valence-corrected chi connectivity index (χ2v) is 8.34. The molecule has 4 rings (SSSR count). The highest BCUT2D eigenvalue weighted by Crippen LogP contribution is 2.39. The lowest BCUT2D eigenvalue weighted by Gasteiger charge is -2.38. The van der Waals surface area contributed by atoms with Crippen LogP contribution in [0, 0.1) is 0 Å². The zero-order valence-corrected chi connectivity index (χ0v) is 16.4. The zero-order chi connectivity index (χ0) is 18.9. The van der Waals surface area contributed by atoms with Gasteiger partial charge in [0.25, 0.3) is 5.91 Å². The molecule has 0 bridgehead atoms. The molecule has 1 aromatic carbocycles. The first-order chi connectivity index (χ1) is 13.1. The Morgan fingerprint density at radius 2 is 2.04 bits per heavy atom. The number of nitrogens with one attached hydrogen (secondary N) is 1. The van der Waals surface area contributed by atoms with Crippen LogP contribution in [0.2, 0.25) is 0 Å². The van der Waals surface area contributed by atoms with Gasteiger partial charge in [-0.2, -0.15) is 5.10 Å². The Bertz CT molecular complexity index is 787. The van der Waals surface area contributed by atoms with Gasteiger partial charge in [-0.25, -0.2) is 0 Å². The molecule has 2 fully saturated rings. The lowest BCUT2D eigenvalue weighted by atomic mass is 9.85. The first kappa shape index (κ1) is 18.2. The Morgan fingerprint density at radius 3 is 2.78 bits per heavy atom. The Morgan fingerprint density at radius 1 is 1.22 bits per heavy atom. The predicted octanol–water partition coefficient (Wildman–Crippen LogP) is 3.17. The van der Waals surface area contributed by atoms with E-state index in [2.05, 4.69) is 46.5 Å². The summed E-state index contributed by atoms with van der Waals surface area (Å²) in [6, 6.07) is 12.8. The number of aromatic nitrogens is 2. The third kappa shape index (κ3) is 3.65. The molecule has 1 amide bonds. The number of rotatable bonds is 3. The van der Waals surface area contributed by atoms with Crippen LogP contribution < -0.4 is 5.32 Å². The molecule has 1 N–H and O–H groups in total. The number of aryl methyl sites for hydroxylation is 1. The second kappa shape index (κ2) is 7.47. The lowest BCUT2D eigenvalue weighted by Crippen LogP contribution is -2.55. The number of amides is 1. The highest BCUT2D eigenvalue weighted by molar-refractivity contribution is 5.93. The maximum Gasteiger partial charge on any atom is 0.274 e. The summed E-state index contributed by atoms with van der Waals surface area (Å²) in [6.45, 7) is 3.35. The molecule has 3 atom stereocenters. The Balaban J connectivity index is 1.67. The van der Waals surface area contributed by atoms with Crippen molar-refractivity contribution in [3.8, 4) is 0 Å². The van der Waals surface area contributed by atoms with E-state index in [1.165, 1.54) is 24.8 Å². The van der Waals surface area contributed by atoms with E-state index in [4.69, 9.17) is 0 Å². The van der Waals surface area contributed by atoms with Crippen molar-refractivity contribution in [3.63, 3.8) is 0 Å². The summed E-state index contributed by atoms with van der Waals surface area (Å²) in [6.07, 6.45) is 8.44. The third-order valence-electron chi connectivity index (χ3n) is 6.29. The van der Waals surface area contributed by atoms with E-state index in [1.54, 1.807) is 4.68 Å². The van der Waals surface area contributed by atoms with Crippen molar-refractivity contribution in [3.05, 3.63) is 53.9 Å². The van der Waals surface area contributed by atoms with Crippen LogP contribution in [0.5, 0.6) is 0 Å². The summed E-state index contributed by atoms with van der Waals surface area (Å²) in [7, 11) is 1.86. The van der Waals surface area contributed by atoms with Crippen molar-refractivity contribution < 1.29 is 4.79 Å². The predicted molar refractivity (Wildman–Crippen MR) is 107 cm³/mol. The molecule has 0 saturated carbocycles. The fraction of sp³-hybridized carbons (Fsp3) is 0.545. The molecule has 0 spiro atoms. The van der Waals surface area contributed by atoms with Gasteiger partial charge in [-0.1, -0.05) is 43.2 Å². The molecule has 0 aliphatic carbocycles. The molecule has 0 radical (unpaired) electrons. The number of likely N-dealkylation sites (tertiary alicyclic amines) is 1. The Kier molecular flexibility index (Phi) is 5.04. The molecule has 2 aliphatic heterocycles. The SMILES string of the molecule is Cn1ccc(C(=O)N2[C@H](Cc3ccccc3)C[C@]3(C)NCCCCC[C@H]23)n1. The van der Waals surface area contributed by atoms with Gasteiger partial charge in [-0.05, 0) is 50.8 Å². The topological polar surface area (TPSA) is 50.2 Å². The van der Waals surface area contributed by atoms with E-state index in [0.717, 1.165) is 25.8 Å². The monoisotopic (exact) mass is 366 g/mol. The minimum absolute atomic E-state index is 0.0235. The van der Waals surface area contributed by atoms with Crippen LogP contribution in [0.15, 0.2) is 42.6 Å². The zero-order valence-electron chi connectivity index (χ0n) is 16.4. The summed E-state index contributed by atoms with van der Waals surface area (Å²) in [5.41, 5.74) is 1.82. The third-order valence-corrected chi connectivity index (χ3v) is 6.29. The first-order valence-electron chi connectivity index (χ1n) is 10.2. The molecule has 5 heteroatoms. The van der Waals surface area contributed by atoms with Gasteiger partial charge < -0.3 is 10.2 Å². The molecule has 2 aliphatic rings. The van der Waals surface area contributed by atoms with E-state index in [1.807, 2.05) is 25.4 Å². The van der Waals surface area contributed by atoms with E-state index in [0.29, 0.717) is 5.69 Å². The largest absolute Gasteiger partial charge is 0.329 e. The van der Waals surface area contributed by atoms with E-state index >= 15 is 0 Å². The van der Waals surface area contributed by atoms with Gasteiger partial charge in [0.2, 0.25) is 0 Å². The van der Waals surface area contributed by atoms with Crippen molar-refractivity contribution in [2.24, 2.45) is 7.05 Å². The van der Waals surface area contributed by atoms with Crippen molar-refractivity contribution in [1.82, 2.24) is 20.0 Å². The summed E-state index contributed by atoms with van der Waals surface area (Å²) < 4.78 is 1.71. The first-order valence-corrected chi connectivity index (χ1v) is 10.2. The van der Waals surface area contributed by atoms with Crippen LogP contribution in [0.3, 0.4) is 0 Å². The van der Waals surface area contributed by atoms with Crippen LogP contribution in [-0.4, -0.2) is 44.8 Å². The number of fused-ring (bicyclic) bond motifs is 1. The minimum atomic E-state index is -0.0235. The van der Waals surface area contributed by atoms with Gasteiger partial charge in [-0.3, -0.25) is 9.48 Å². The number of carbonyl (C=O) groups is 1. The van der Waals surface area contributed by atoms with E-state index < -0.39 is 0 Å². The van der Waals surface area contributed by atoms with Crippen molar-refractivity contribution >= 4 is 5.91 Å². The molecule has 3 heterocycles. The summed E-state index contributed by atoms with van der Waals surface area (Å²) in [4.78, 5) is 15.6. The second-order valence-electron chi connectivity index (χ2n) is 8.34. The quantitative estimate of drug-likeness (QED) is 0.908. The molecule has 144 valence electrons. The number of nitrogens with zero attached hydrogens (tertiary/aromatic N) is 3. The number of hydrogen-bond donors (Lipinski definition) is 1. The van der Waals surface area contributed by atoms with Crippen LogP contribution in [0.4, 0.5) is 0 Å². The van der Waals surface area contributed by atoms with Gasteiger partial charge in [0.1, 0.15) is 5.69 Å². The molecular weight excluding hydrogens is 336 g/mol. The minimum Gasteiger partial charge on any atom is -0.329 e. The van der Waals surface area contributed by atoms with Crippen LogP contribution >= 0.6 is 0 Å². The molecule has 27 heavy (non-hydrogen) atoms. The van der Waals surface area contributed by atoms with E-state index in [-0.39, 0.29) is 23.5 Å². The van der Waals surface area contributed by atoms with Crippen LogP contribution in [0.1, 0.15) is 55.1 Å². The number of hydrogen-bond acceptors (Lipinski definition) is 3. The van der Waals surface area contributed by atoms with Crippen LogP contribution in [-0.2, 0) is 13.5 Å². The van der Waals surface area contributed by atoms with E-state index in [9.17, 15) is 4.79 Å². The highest BCUT2D eigenvalue weighted by Gasteiger charge is 2.51. The summed E-state index contributed by atoms with van der Waals surface area (Å²) >= 11 is 0. The van der Waals surface area contributed by atoms with Crippen molar-refractivity contribution in [2.75, 3.05) is 6.54 Å². The lowest BCUT2D eigenvalue weighted by molar-refractivity contribution is 0.0606. The average Bonchev–Trinajstić information content (AvgIpc) is 3.18. The highest BCUT2D eigenvalue weighted by atomic mass is 16.2. The standard InChI is InChI=1S/C22H30N4O/c1-22-16-18(15-17-9-5-3-6-10-17)26(20(22)11-7-4-8-13-23-22)21(27)19-12-14-25(2)24-19/h3,5-6,9-10,12,14,18,20,23H,4,7-8,11,13,15-16H2,1-2H3/t18-,20+,22+/m1/s1. The van der Waals surface area contributed by atoms with Gasteiger partial charge in [0.05, 0.1) is 6.04 Å². The molecule has 5 nitrogen and oxygen atoms in total. The number of benzene rings is 1. The van der Waals surface area contributed by atoms with Crippen molar-refractivity contribution in [1.29, 1.82) is 0 Å². The van der Waals surface area contributed by atoms with Crippen LogP contribution in [0.25, 0.3) is 0 Å². The van der Waals surface area contributed by atoms with Crippen molar-refractivity contribution in [2.45, 2.75) is 63.1 Å². The smallest absolute Gasteiger partial charge is 0.274 e. The molecule has 1 aromatic heterocycles. The maximum atomic E-state index is 13.5. The molecule has 0 unspecified atom stereocenters. The maximum absolute atomic E-state index is 13.5. The number of carbonyl (C=O) groups excluding carboxylic acids is 1. The molecule has 2 aromatic rings. The van der Waals surface area contributed by atoms with Gasteiger partial charge in [0, 0.05) is 24.8 Å². The molecular formula is C22H30N4O. The Hall–Kier alpha value is -2.14. The van der Waals surface area contributed by atoms with Gasteiger partial charge in [-0.15, -0.1) is 0 Å².